The van der Waals surface area contributed by atoms with E-state index in [2.05, 4.69) is 20.4 Å². The van der Waals surface area contributed by atoms with Gasteiger partial charge < -0.3 is 9.84 Å². The second-order valence-electron chi connectivity index (χ2n) is 4.27. The summed E-state index contributed by atoms with van der Waals surface area (Å²) in [6.07, 6.45) is 2.22. The fourth-order valence-corrected chi connectivity index (χ4v) is 2.04. The van der Waals surface area contributed by atoms with Crippen LogP contribution in [0.25, 0.3) is 11.5 Å². The maximum absolute atomic E-state index is 5.28. The summed E-state index contributed by atoms with van der Waals surface area (Å²) in [4.78, 5) is 8.78. The molecule has 0 radical (unpaired) electrons. The molecule has 2 aromatic rings. The second kappa shape index (κ2) is 4.25. The van der Waals surface area contributed by atoms with Crippen molar-refractivity contribution in [3.63, 3.8) is 0 Å². The third-order valence-electron chi connectivity index (χ3n) is 2.92. The van der Waals surface area contributed by atoms with E-state index >= 15 is 0 Å². The average Bonchev–Trinajstić information content (AvgIpc) is 3.00. The fourth-order valence-electron chi connectivity index (χ4n) is 2.04. The van der Waals surface area contributed by atoms with Crippen LogP contribution in [-0.2, 0) is 0 Å². The van der Waals surface area contributed by atoms with Crippen molar-refractivity contribution in [3.05, 3.63) is 29.8 Å². The molecule has 1 saturated heterocycles. The van der Waals surface area contributed by atoms with Crippen LogP contribution >= 0.6 is 0 Å². The van der Waals surface area contributed by atoms with Crippen molar-refractivity contribution in [2.45, 2.75) is 25.8 Å². The molecule has 88 valence electrons. The van der Waals surface area contributed by atoms with Crippen LogP contribution in [-0.4, -0.2) is 21.7 Å². The molecule has 1 atom stereocenters. The van der Waals surface area contributed by atoms with E-state index in [-0.39, 0.29) is 6.04 Å². The molecular formula is C12H14N4O. The van der Waals surface area contributed by atoms with Crippen LogP contribution in [0.3, 0.4) is 0 Å². The largest absolute Gasteiger partial charge is 0.337 e. The Morgan fingerprint density at radius 1 is 1.35 bits per heavy atom. The first-order valence-electron chi connectivity index (χ1n) is 5.84. The number of hydrogen-bond donors (Lipinski definition) is 1. The molecule has 17 heavy (non-hydrogen) atoms. The summed E-state index contributed by atoms with van der Waals surface area (Å²) in [6.45, 7) is 2.97. The second-order valence-corrected chi connectivity index (χ2v) is 4.27. The maximum Gasteiger partial charge on any atom is 0.244 e. The lowest BCUT2D eigenvalue weighted by atomic mass is 10.2. The molecule has 0 aliphatic carbocycles. The molecular weight excluding hydrogens is 216 g/mol. The first kappa shape index (κ1) is 10.4. The lowest BCUT2D eigenvalue weighted by molar-refractivity contribution is 0.345. The zero-order valence-electron chi connectivity index (χ0n) is 9.68. The zero-order valence-corrected chi connectivity index (χ0v) is 9.68. The summed E-state index contributed by atoms with van der Waals surface area (Å²) in [5, 5.41) is 7.32. The molecule has 0 spiro atoms. The molecule has 1 fully saturated rings. The molecule has 5 nitrogen and oxygen atoms in total. The molecule has 1 N–H and O–H groups in total. The number of rotatable bonds is 2. The van der Waals surface area contributed by atoms with E-state index < -0.39 is 0 Å². The van der Waals surface area contributed by atoms with Crippen LogP contribution < -0.4 is 5.32 Å². The van der Waals surface area contributed by atoms with Gasteiger partial charge in [0.2, 0.25) is 11.7 Å². The van der Waals surface area contributed by atoms with E-state index in [1.807, 2.05) is 25.1 Å². The van der Waals surface area contributed by atoms with Crippen LogP contribution in [0.1, 0.15) is 30.5 Å². The Hall–Kier alpha value is -1.75. The monoisotopic (exact) mass is 230 g/mol. The SMILES string of the molecule is Cc1cccc(-c2noc([C@H]3CCCN3)n2)n1. The van der Waals surface area contributed by atoms with Gasteiger partial charge in [0, 0.05) is 5.69 Å². The minimum absolute atomic E-state index is 0.209. The number of nitrogens with one attached hydrogen (secondary N) is 1. The number of aryl methyl sites for hydroxylation is 1. The van der Waals surface area contributed by atoms with E-state index in [4.69, 9.17) is 4.52 Å². The van der Waals surface area contributed by atoms with E-state index in [0.29, 0.717) is 11.7 Å². The summed E-state index contributed by atoms with van der Waals surface area (Å²) >= 11 is 0. The van der Waals surface area contributed by atoms with Crippen molar-refractivity contribution >= 4 is 0 Å². The number of pyridine rings is 1. The van der Waals surface area contributed by atoms with Crippen LogP contribution in [0.15, 0.2) is 22.7 Å². The first-order valence-corrected chi connectivity index (χ1v) is 5.84. The van der Waals surface area contributed by atoms with Crippen molar-refractivity contribution in [3.8, 4) is 11.5 Å². The van der Waals surface area contributed by atoms with Crippen molar-refractivity contribution < 1.29 is 4.52 Å². The third-order valence-corrected chi connectivity index (χ3v) is 2.92. The molecule has 0 bridgehead atoms. The van der Waals surface area contributed by atoms with Gasteiger partial charge in [0.05, 0.1) is 6.04 Å². The van der Waals surface area contributed by atoms with E-state index in [1.165, 1.54) is 0 Å². The van der Waals surface area contributed by atoms with Crippen LogP contribution in [0.5, 0.6) is 0 Å². The minimum Gasteiger partial charge on any atom is -0.337 e. The first-order chi connectivity index (χ1) is 8.33. The molecule has 3 rings (SSSR count). The quantitative estimate of drug-likeness (QED) is 0.853. The predicted octanol–water partition coefficient (Wildman–Crippen LogP) is 1.86. The van der Waals surface area contributed by atoms with Crippen LogP contribution in [0.4, 0.5) is 0 Å². The Balaban J connectivity index is 1.89. The molecule has 1 aliphatic heterocycles. The molecule has 0 unspecified atom stereocenters. The van der Waals surface area contributed by atoms with Gasteiger partial charge in [-0.25, -0.2) is 4.98 Å². The van der Waals surface area contributed by atoms with E-state index in [1.54, 1.807) is 0 Å². The maximum atomic E-state index is 5.28. The van der Waals surface area contributed by atoms with Gasteiger partial charge >= 0.3 is 0 Å². The number of aromatic nitrogens is 3. The van der Waals surface area contributed by atoms with Gasteiger partial charge in [-0.05, 0) is 38.4 Å². The third kappa shape index (κ3) is 2.06. The van der Waals surface area contributed by atoms with Gasteiger partial charge in [-0.1, -0.05) is 11.2 Å². The lowest BCUT2D eigenvalue weighted by Crippen LogP contribution is -2.12. The van der Waals surface area contributed by atoms with Gasteiger partial charge in [0.25, 0.3) is 0 Å². The average molecular weight is 230 g/mol. The van der Waals surface area contributed by atoms with Gasteiger partial charge in [-0.15, -0.1) is 0 Å². The molecule has 3 heterocycles. The number of nitrogens with zero attached hydrogens (tertiary/aromatic N) is 3. The topological polar surface area (TPSA) is 63.8 Å². The van der Waals surface area contributed by atoms with Gasteiger partial charge in [-0.2, -0.15) is 4.98 Å². The summed E-state index contributed by atoms with van der Waals surface area (Å²) in [6, 6.07) is 6.00. The number of hydrogen-bond acceptors (Lipinski definition) is 5. The normalized spacial score (nSPS) is 19.7. The van der Waals surface area contributed by atoms with Crippen molar-refractivity contribution in [1.29, 1.82) is 0 Å². The Morgan fingerprint density at radius 3 is 3.06 bits per heavy atom. The molecule has 2 aromatic heterocycles. The highest BCUT2D eigenvalue weighted by Crippen LogP contribution is 2.23. The fraction of sp³-hybridized carbons (Fsp3) is 0.417. The molecule has 0 amide bonds. The Labute approximate surface area is 99.3 Å². The molecule has 0 saturated carbocycles. The molecule has 0 aromatic carbocycles. The summed E-state index contributed by atoms with van der Waals surface area (Å²) in [5.41, 5.74) is 1.71. The minimum atomic E-state index is 0.209. The van der Waals surface area contributed by atoms with Crippen molar-refractivity contribution in [2.75, 3.05) is 6.54 Å². The highest BCUT2D eigenvalue weighted by molar-refractivity contribution is 5.48. The summed E-state index contributed by atoms with van der Waals surface area (Å²) in [7, 11) is 0. The van der Waals surface area contributed by atoms with E-state index in [9.17, 15) is 0 Å². The summed E-state index contributed by atoms with van der Waals surface area (Å²) < 4.78 is 5.28. The van der Waals surface area contributed by atoms with Gasteiger partial charge in [0.15, 0.2) is 0 Å². The van der Waals surface area contributed by atoms with Gasteiger partial charge in [0.1, 0.15) is 5.69 Å². The van der Waals surface area contributed by atoms with Crippen molar-refractivity contribution in [2.24, 2.45) is 0 Å². The van der Waals surface area contributed by atoms with Crippen LogP contribution in [0.2, 0.25) is 0 Å². The Bertz CT molecular complexity index is 517. The van der Waals surface area contributed by atoms with E-state index in [0.717, 1.165) is 30.8 Å². The predicted molar refractivity (Wildman–Crippen MR) is 62.2 cm³/mol. The zero-order chi connectivity index (χ0) is 11.7. The molecule has 5 heteroatoms. The standard InChI is InChI=1S/C12H14N4O/c1-8-4-2-5-9(14-8)11-15-12(17-16-11)10-6-3-7-13-10/h2,4-5,10,13H,3,6-7H2,1H3/t10-/m1/s1. The lowest BCUT2D eigenvalue weighted by Gasteiger charge is -2.01. The highest BCUT2D eigenvalue weighted by Gasteiger charge is 2.22. The molecule has 1 aliphatic rings. The Kier molecular flexibility index (Phi) is 2.60. The van der Waals surface area contributed by atoms with Gasteiger partial charge in [-0.3, -0.25) is 0 Å². The smallest absolute Gasteiger partial charge is 0.244 e. The summed E-state index contributed by atoms with van der Waals surface area (Å²) in [5.74, 6) is 1.23. The van der Waals surface area contributed by atoms with Crippen molar-refractivity contribution in [1.82, 2.24) is 20.4 Å². The highest BCUT2D eigenvalue weighted by atomic mass is 16.5. The Morgan fingerprint density at radius 2 is 2.29 bits per heavy atom. The van der Waals surface area contributed by atoms with Crippen LogP contribution in [0, 0.1) is 6.92 Å².